The highest BCUT2D eigenvalue weighted by molar-refractivity contribution is 5.75. The van der Waals surface area contributed by atoms with Gasteiger partial charge in [-0.3, -0.25) is 4.79 Å². The van der Waals surface area contributed by atoms with Crippen molar-refractivity contribution in [1.82, 2.24) is 5.32 Å². The number of nitrogens with one attached hydrogen (secondary N) is 1. The molecule has 1 aromatic carbocycles. The van der Waals surface area contributed by atoms with Gasteiger partial charge in [0.25, 0.3) is 0 Å². The minimum atomic E-state index is 0.187. The molecule has 1 rings (SSSR count). The van der Waals surface area contributed by atoms with Gasteiger partial charge in [0, 0.05) is 13.0 Å². The van der Waals surface area contributed by atoms with E-state index in [9.17, 15) is 4.79 Å². The van der Waals surface area contributed by atoms with Crippen LogP contribution in [0.5, 0.6) is 0 Å². The molecule has 0 unspecified atom stereocenters. The number of carbonyl (C=O) groups is 1. The number of carbonyl (C=O) groups excluding carboxylic acids is 1. The molecule has 2 heteroatoms. The molecule has 2 nitrogen and oxygen atoms in total. The summed E-state index contributed by atoms with van der Waals surface area (Å²) < 4.78 is 0. The van der Waals surface area contributed by atoms with E-state index in [0.717, 1.165) is 25.8 Å². The molecule has 0 aromatic heterocycles. The van der Waals surface area contributed by atoms with Crippen LogP contribution in [0.15, 0.2) is 30.3 Å². The number of benzene rings is 1. The lowest BCUT2D eigenvalue weighted by atomic mass is 10.1. The van der Waals surface area contributed by atoms with E-state index in [1.807, 2.05) is 6.07 Å². The minimum absolute atomic E-state index is 0.187. The SMILES string of the molecule is CC(C)CCC(=O)NCCCc1ccccc1. The maximum absolute atomic E-state index is 11.4. The normalized spacial score (nSPS) is 10.5. The lowest BCUT2D eigenvalue weighted by molar-refractivity contribution is -0.121. The van der Waals surface area contributed by atoms with Crippen molar-refractivity contribution in [2.75, 3.05) is 6.54 Å². The fourth-order valence-corrected chi connectivity index (χ4v) is 1.67. The first kappa shape index (κ1) is 13.8. The molecule has 0 radical (unpaired) electrons. The molecule has 0 heterocycles. The number of rotatable bonds is 7. The van der Waals surface area contributed by atoms with Crippen molar-refractivity contribution in [2.24, 2.45) is 5.92 Å². The van der Waals surface area contributed by atoms with Crippen molar-refractivity contribution in [1.29, 1.82) is 0 Å². The van der Waals surface area contributed by atoms with Gasteiger partial charge in [-0.05, 0) is 30.7 Å². The van der Waals surface area contributed by atoms with Crippen molar-refractivity contribution in [3.63, 3.8) is 0 Å². The predicted molar refractivity (Wildman–Crippen MR) is 71.8 cm³/mol. The maximum Gasteiger partial charge on any atom is 0.220 e. The highest BCUT2D eigenvalue weighted by atomic mass is 16.1. The van der Waals surface area contributed by atoms with Crippen molar-refractivity contribution < 1.29 is 4.79 Å². The molecule has 1 amide bonds. The average molecular weight is 233 g/mol. The molecule has 0 atom stereocenters. The van der Waals surface area contributed by atoms with Gasteiger partial charge < -0.3 is 5.32 Å². The smallest absolute Gasteiger partial charge is 0.220 e. The van der Waals surface area contributed by atoms with Gasteiger partial charge in [-0.1, -0.05) is 44.2 Å². The Bertz CT molecular complexity index is 319. The molecule has 17 heavy (non-hydrogen) atoms. The summed E-state index contributed by atoms with van der Waals surface area (Å²) in [6.45, 7) is 5.07. The quantitative estimate of drug-likeness (QED) is 0.720. The van der Waals surface area contributed by atoms with Crippen molar-refractivity contribution >= 4 is 5.91 Å². The number of hydrogen-bond acceptors (Lipinski definition) is 1. The van der Waals surface area contributed by atoms with Crippen LogP contribution < -0.4 is 5.32 Å². The highest BCUT2D eigenvalue weighted by Crippen LogP contribution is 2.03. The van der Waals surface area contributed by atoms with Gasteiger partial charge in [0.2, 0.25) is 5.91 Å². The zero-order valence-electron chi connectivity index (χ0n) is 10.9. The second-order valence-electron chi connectivity index (χ2n) is 4.87. The third-order valence-electron chi connectivity index (χ3n) is 2.76. The van der Waals surface area contributed by atoms with Crippen LogP contribution >= 0.6 is 0 Å². The first-order valence-corrected chi connectivity index (χ1v) is 6.49. The Hall–Kier alpha value is -1.31. The maximum atomic E-state index is 11.4. The molecule has 0 saturated carbocycles. The molecule has 0 fully saturated rings. The van der Waals surface area contributed by atoms with Gasteiger partial charge in [-0.15, -0.1) is 0 Å². The Morgan fingerprint density at radius 1 is 1.24 bits per heavy atom. The van der Waals surface area contributed by atoms with Crippen molar-refractivity contribution in [3.8, 4) is 0 Å². The zero-order valence-corrected chi connectivity index (χ0v) is 10.9. The summed E-state index contributed by atoms with van der Waals surface area (Å²) in [5.41, 5.74) is 1.34. The molecule has 0 saturated heterocycles. The molecule has 0 aliphatic carbocycles. The molecule has 1 N–H and O–H groups in total. The molecule has 0 spiro atoms. The van der Waals surface area contributed by atoms with Crippen LogP contribution in [0.3, 0.4) is 0 Å². The van der Waals surface area contributed by atoms with E-state index >= 15 is 0 Å². The van der Waals surface area contributed by atoms with E-state index < -0.39 is 0 Å². The molecule has 0 aliphatic rings. The topological polar surface area (TPSA) is 29.1 Å². The number of aryl methyl sites for hydroxylation is 1. The molecular weight excluding hydrogens is 210 g/mol. The van der Waals surface area contributed by atoms with Gasteiger partial charge in [-0.25, -0.2) is 0 Å². The minimum Gasteiger partial charge on any atom is -0.356 e. The molecular formula is C15H23NO. The Morgan fingerprint density at radius 3 is 2.59 bits per heavy atom. The van der Waals surface area contributed by atoms with Crippen LogP contribution in [0.25, 0.3) is 0 Å². The van der Waals surface area contributed by atoms with E-state index in [2.05, 4.69) is 43.4 Å². The second-order valence-corrected chi connectivity index (χ2v) is 4.87. The third-order valence-corrected chi connectivity index (χ3v) is 2.76. The number of hydrogen-bond donors (Lipinski definition) is 1. The van der Waals surface area contributed by atoms with E-state index in [0.29, 0.717) is 12.3 Å². The summed E-state index contributed by atoms with van der Waals surface area (Å²) in [6.07, 6.45) is 3.68. The highest BCUT2D eigenvalue weighted by Gasteiger charge is 2.02. The Balaban J connectivity index is 2.06. The summed E-state index contributed by atoms with van der Waals surface area (Å²) in [5, 5.41) is 2.97. The Labute approximate surface area is 104 Å². The predicted octanol–water partition coefficient (Wildman–Crippen LogP) is 3.17. The summed E-state index contributed by atoms with van der Waals surface area (Å²) in [5.74, 6) is 0.789. The molecule has 94 valence electrons. The van der Waals surface area contributed by atoms with E-state index in [1.165, 1.54) is 5.56 Å². The van der Waals surface area contributed by atoms with Crippen LogP contribution in [0.1, 0.15) is 38.7 Å². The molecule has 0 bridgehead atoms. The second kappa shape index (κ2) is 7.88. The summed E-state index contributed by atoms with van der Waals surface area (Å²) in [4.78, 5) is 11.4. The zero-order chi connectivity index (χ0) is 12.5. The molecule has 0 aliphatic heterocycles. The largest absolute Gasteiger partial charge is 0.356 e. The lowest BCUT2D eigenvalue weighted by Gasteiger charge is -2.06. The van der Waals surface area contributed by atoms with Crippen molar-refractivity contribution in [3.05, 3.63) is 35.9 Å². The van der Waals surface area contributed by atoms with Crippen LogP contribution in [0, 0.1) is 5.92 Å². The fraction of sp³-hybridized carbons (Fsp3) is 0.533. The lowest BCUT2D eigenvalue weighted by Crippen LogP contribution is -2.24. The average Bonchev–Trinajstić information content (AvgIpc) is 2.33. The first-order valence-electron chi connectivity index (χ1n) is 6.49. The van der Waals surface area contributed by atoms with E-state index in [4.69, 9.17) is 0 Å². The summed E-state index contributed by atoms with van der Waals surface area (Å²) >= 11 is 0. The van der Waals surface area contributed by atoms with Crippen LogP contribution in [0.4, 0.5) is 0 Å². The Kier molecular flexibility index (Phi) is 6.38. The van der Waals surface area contributed by atoms with Gasteiger partial charge >= 0.3 is 0 Å². The van der Waals surface area contributed by atoms with Crippen LogP contribution in [-0.2, 0) is 11.2 Å². The van der Waals surface area contributed by atoms with Crippen LogP contribution in [0.2, 0.25) is 0 Å². The first-order chi connectivity index (χ1) is 8.18. The standard InChI is InChI=1S/C15H23NO/c1-13(2)10-11-15(17)16-12-6-9-14-7-4-3-5-8-14/h3-5,7-8,13H,6,9-12H2,1-2H3,(H,16,17). The fourth-order valence-electron chi connectivity index (χ4n) is 1.67. The van der Waals surface area contributed by atoms with Crippen molar-refractivity contribution in [2.45, 2.75) is 39.5 Å². The monoisotopic (exact) mass is 233 g/mol. The number of amides is 1. The summed E-state index contributed by atoms with van der Waals surface area (Å²) in [7, 11) is 0. The summed E-state index contributed by atoms with van der Waals surface area (Å²) in [6, 6.07) is 10.4. The van der Waals surface area contributed by atoms with E-state index in [-0.39, 0.29) is 5.91 Å². The molecule has 1 aromatic rings. The van der Waals surface area contributed by atoms with Gasteiger partial charge in [-0.2, -0.15) is 0 Å². The Morgan fingerprint density at radius 2 is 1.94 bits per heavy atom. The van der Waals surface area contributed by atoms with Gasteiger partial charge in [0.15, 0.2) is 0 Å². The van der Waals surface area contributed by atoms with Gasteiger partial charge in [0.1, 0.15) is 0 Å². The van der Waals surface area contributed by atoms with Gasteiger partial charge in [0.05, 0.1) is 0 Å². The van der Waals surface area contributed by atoms with Crippen LogP contribution in [-0.4, -0.2) is 12.5 Å². The third kappa shape index (κ3) is 6.77. The van der Waals surface area contributed by atoms with E-state index in [1.54, 1.807) is 0 Å².